The average Bonchev–Trinajstić information content (AvgIpc) is 2.83. The van der Waals surface area contributed by atoms with Crippen LogP contribution in [-0.2, 0) is 11.8 Å². The Morgan fingerprint density at radius 1 is 1.29 bits per heavy atom. The molecule has 1 aromatic carbocycles. The molecular formula is C19H23NO. The van der Waals surface area contributed by atoms with E-state index in [2.05, 4.69) is 50.1 Å². The van der Waals surface area contributed by atoms with E-state index in [4.69, 9.17) is 4.74 Å². The lowest BCUT2D eigenvalue weighted by Crippen LogP contribution is -2.63. The van der Waals surface area contributed by atoms with Crippen LogP contribution in [0.4, 0.5) is 0 Å². The van der Waals surface area contributed by atoms with Crippen molar-refractivity contribution in [1.82, 2.24) is 4.90 Å². The van der Waals surface area contributed by atoms with Gasteiger partial charge in [-0.15, -0.1) is 0 Å². The third kappa shape index (κ3) is 1.25. The Morgan fingerprint density at radius 3 is 3.00 bits per heavy atom. The monoisotopic (exact) mass is 281 g/mol. The first-order valence-electron chi connectivity index (χ1n) is 8.31. The molecule has 0 saturated carbocycles. The minimum Gasteiger partial charge on any atom is -0.488 e. The number of aryl methyl sites for hydroxylation is 1. The van der Waals surface area contributed by atoms with Crippen molar-refractivity contribution in [3.8, 4) is 5.75 Å². The fourth-order valence-corrected chi connectivity index (χ4v) is 5.65. The Hall–Kier alpha value is -1.28. The quantitative estimate of drug-likeness (QED) is 0.678. The van der Waals surface area contributed by atoms with E-state index in [9.17, 15) is 0 Å². The van der Waals surface area contributed by atoms with Crippen LogP contribution in [0.1, 0.15) is 30.0 Å². The largest absolute Gasteiger partial charge is 0.488 e. The van der Waals surface area contributed by atoms with Gasteiger partial charge >= 0.3 is 0 Å². The molecule has 4 aliphatic rings. The van der Waals surface area contributed by atoms with Crippen molar-refractivity contribution in [3.05, 3.63) is 41.0 Å². The van der Waals surface area contributed by atoms with Crippen LogP contribution in [0.15, 0.2) is 24.3 Å². The fourth-order valence-electron chi connectivity index (χ4n) is 5.65. The van der Waals surface area contributed by atoms with E-state index in [1.807, 2.05) is 0 Å². The molecule has 0 aromatic heterocycles. The molecule has 1 aromatic rings. The standard InChI is InChI=1S/C19H23NO/c1-11-4-6-13-10-15-14-7-5-12(2)18-19(14,8-9-20(15)3)16(13)17(11)21-18/h4-7,12,14-15,18H,8-10H2,1-3H3. The molecule has 0 amide bonds. The number of likely N-dealkylation sites (N-methyl/N-ethyl adjacent to an activating group) is 1. The van der Waals surface area contributed by atoms with E-state index in [0.717, 1.165) is 0 Å². The molecule has 2 bridgehead atoms. The molecule has 2 heteroatoms. The molecule has 110 valence electrons. The smallest absolute Gasteiger partial charge is 0.126 e. The molecule has 2 aliphatic heterocycles. The summed E-state index contributed by atoms with van der Waals surface area (Å²) in [5, 5.41) is 0. The maximum atomic E-state index is 6.59. The Labute approximate surface area is 126 Å². The van der Waals surface area contributed by atoms with Gasteiger partial charge in [0, 0.05) is 28.9 Å². The van der Waals surface area contributed by atoms with Crippen LogP contribution in [0.2, 0.25) is 0 Å². The second-order valence-corrected chi connectivity index (χ2v) is 7.60. The fraction of sp³-hybridized carbons (Fsp3) is 0.579. The summed E-state index contributed by atoms with van der Waals surface area (Å²) < 4.78 is 6.59. The van der Waals surface area contributed by atoms with Crippen molar-refractivity contribution in [1.29, 1.82) is 0 Å². The predicted molar refractivity (Wildman–Crippen MR) is 83.8 cm³/mol. The Bertz CT molecular complexity index is 664. The van der Waals surface area contributed by atoms with Crippen LogP contribution in [0.25, 0.3) is 0 Å². The molecule has 2 nitrogen and oxygen atoms in total. The first kappa shape index (κ1) is 12.3. The summed E-state index contributed by atoms with van der Waals surface area (Å²) in [6.45, 7) is 5.74. The van der Waals surface area contributed by atoms with Gasteiger partial charge in [-0.3, -0.25) is 0 Å². The minimum atomic E-state index is 0.250. The van der Waals surface area contributed by atoms with Gasteiger partial charge in [-0.05, 0) is 44.5 Å². The molecule has 1 saturated heterocycles. The summed E-state index contributed by atoms with van der Waals surface area (Å²) >= 11 is 0. The molecule has 5 rings (SSSR count). The highest BCUT2D eigenvalue weighted by molar-refractivity contribution is 5.59. The van der Waals surface area contributed by atoms with Gasteiger partial charge in [0.25, 0.3) is 0 Å². The lowest BCUT2D eigenvalue weighted by molar-refractivity contribution is -0.0142. The highest BCUT2D eigenvalue weighted by atomic mass is 16.5. The second-order valence-electron chi connectivity index (χ2n) is 7.60. The number of hydrogen-bond donors (Lipinski definition) is 0. The van der Waals surface area contributed by atoms with Crippen molar-refractivity contribution in [2.24, 2.45) is 11.8 Å². The molecule has 1 fully saturated rings. The maximum absolute atomic E-state index is 6.59. The normalized spacial score (nSPS) is 42.6. The SMILES string of the molecule is Cc1ccc2c3c1OC1C(C)C=CC4C(C2)N(C)CCC341. The number of piperidine rings is 1. The summed E-state index contributed by atoms with van der Waals surface area (Å²) in [6.07, 6.45) is 7.70. The number of nitrogens with zero attached hydrogens (tertiary/aromatic N) is 1. The van der Waals surface area contributed by atoms with Gasteiger partial charge in [-0.1, -0.05) is 31.2 Å². The van der Waals surface area contributed by atoms with Crippen LogP contribution in [-0.4, -0.2) is 30.6 Å². The lowest BCUT2D eigenvalue weighted by Gasteiger charge is -2.56. The first-order chi connectivity index (χ1) is 10.1. The molecular weight excluding hydrogens is 258 g/mol. The number of likely N-dealkylation sites (tertiary alicyclic amines) is 1. The van der Waals surface area contributed by atoms with Crippen molar-refractivity contribution in [2.45, 2.75) is 44.2 Å². The zero-order valence-electron chi connectivity index (χ0n) is 13.1. The van der Waals surface area contributed by atoms with E-state index in [0.29, 0.717) is 24.0 Å². The van der Waals surface area contributed by atoms with E-state index in [-0.39, 0.29) is 5.41 Å². The maximum Gasteiger partial charge on any atom is 0.126 e. The van der Waals surface area contributed by atoms with Gasteiger partial charge in [0.15, 0.2) is 0 Å². The Morgan fingerprint density at radius 2 is 2.14 bits per heavy atom. The molecule has 2 heterocycles. The predicted octanol–water partition coefficient (Wildman–Crippen LogP) is 3.08. The van der Waals surface area contributed by atoms with Gasteiger partial charge in [0.2, 0.25) is 0 Å². The van der Waals surface area contributed by atoms with E-state index >= 15 is 0 Å². The molecule has 2 aliphatic carbocycles. The minimum absolute atomic E-state index is 0.250. The summed E-state index contributed by atoms with van der Waals surface area (Å²) in [7, 11) is 2.30. The topological polar surface area (TPSA) is 12.5 Å². The highest BCUT2D eigenvalue weighted by Crippen LogP contribution is 2.61. The number of rotatable bonds is 0. The molecule has 1 spiro atoms. The van der Waals surface area contributed by atoms with Crippen LogP contribution in [0.5, 0.6) is 5.75 Å². The summed E-state index contributed by atoms with van der Waals surface area (Å²) in [4.78, 5) is 2.58. The van der Waals surface area contributed by atoms with Gasteiger partial charge < -0.3 is 9.64 Å². The van der Waals surface area contributed by atoms with E-state index in [1.54, 1.807) is 11.1 Å². The second kappa shape index (κ2) is 3.73. The average molecular weight is 281 g/mol. The summed E-state index contributed by atoms with van der Waals surface area (Å²) in [6, 6.07) is 5.28. The van der Waals surface area contributed by atoms with E-state index in [1.165, 1.54) is 30.7 Å². The highest BCUT2D eigenvalue weighted by Gasteiger charge is 2.63. The van der Waals surface area contributed by atoms with Gasteiger partial charge in [-0.2, -0.15) is 0 Å². The third-order valence-corrected chi connectivity index (χ3v) is 6.64. The first-order valence-corrected chi connectivity index (χ1v) is 8.31. The lowest BCUT2D eigenvalue weighted by atomic mass is 9.52. The van der Waals surface area contributed by atoms with Gasteiger partial charge in [-0.25, -0.2) is 0 Å². The van der Waals surface area contributed by atoms with Gasteiger partial charge in [0.1, 0.15) is 11.9 Å². The van der Waals surface area contributed by atoms with Crippen LogP contribution >= 0.6 is 0 Å². The van der Waals surface area contributed by atoms with Crippen LogP contribution in [0, 0.1) is 18.8 Å². The number of ether oxygens (including phenoxy) is 1. The van der Waals surface area contributed by atoms with Crippen molar-refractivity contribution >= 4 is 0 Å². The third-order valence-electron chi connectivity index (χ3n) is 6.64. The van der Waals surface area contributed by atoms with Gasteiger partial charge in [0.05, 0.1) is 0 Å². The van der Waals surface area contributed by atoms with Crippen LogP contribution in [0.3, 0.4) is 0 Å². The molecule has 5 atom stereocenters. The van der Waals surface area contributed by atoms with Crippen LogP contribution < -0.4 is 4.74 Å². The van der Waals surface area contributed by atoms with E-state index < -0.39 is 0 Å². The van der Waals surface area contributed by atoms with Crippen molar-refractivity contribution < 1.29 is 4.74 Å². The zero-order valence-corrected chi connectivity index (χ0v) is 13.1. The zero-order chi connectivity index (χ0) is 14.4. The summed E-state index contributed by atoms with van der Waals surface area (Å²) in [5.74, 6) is 2.37. The molecule has 0 radical (unpaired) electrons. The molecule has 21 heavy (non-hydrogen) atoms. The number of hydrogen-bond acceptors (Lipinski definition) is 2. The summed E-state index contributed by atoms with van der Waals surface area (Å²) in [5.41, 5.74) is 4.70. The number of benzene rings is 1. The molecule has 0 N–H and O–H groups in total. The van der Waals surface area contributed by atoms with Crippen molar-refractivity contribution in [3.63, 3.8) is 0 Å². The Kier molecular flexibility index (Phi) is 2.18. The van der Waals surface area contributed by atoms with Crippen molar-refractivity contribution in [2.75, 3.05) is 13.6 Å². The molecule has 5 unspecified atom stereocenters. The Balaban J connectivity index is 1.84.